The van der Waals surface area contributed by atoms with E-state index in [-0.39, 0.29) is 17.9 Å². The quantitative estimate of drug-likeness (QED) is 0.921. The van der Waals surface area contributed by atoms with Crippen LogP contribution in [0.5, 0.6) is 0 Å². The summed E-state index contributed by atoms with van der Waals surface area (Å²) < 4.78 is 26.6. The molecular formula is C16H11F2NO2. The van der Waals surface area contributed by atoms with E-state index in [0.717, 1.165) is 18.2 Å². The molecule has 0 spiro atoms. The summed E-state index contributed by atoms with van der Waals surface area (Å²) >= 11 is 0. The Labute approximate surface area is 119 Å². The summed E-state index contributed by atoms with van der Waals surface area (Å²) in [7, 11) is 0. The third-order valence-corrected chi connectivity index (χ3v) is 3.53. The molecule has 0 aliphatic heterocycles. The lowest BCUT2D eigenvalue weighted by Crippen LogP contribution is -2.20. The molecule has 1 atom stereocenters. The first kappa shape index (κ1) is 13.4. The van der Waals surface area contributed by atoms with Crippen LogP contribution in [-0.4, -0.2) is 11.7 Å². The molecule has 5 heteroatoms. The van der Waals surface area contributed by atoms with Crippen LogP contribution in [0.15, 0.2) is 42.5 Å². The molecule has 1 aliphatic carbocycles. The summed E-state index contributed by atoms with van der Waals surface area (Å²) in [5.41, 5.74) is 0.908. The maximum Gasteiger partial charge on any atom is 0.232 e. The Hall–Kier alpha value is -2.56. The van der Waals surface area contributed by atoms with Crippen LogP contribution in [0.3, 0.4) is 0 Å². The topological polar surface area (TPSA) is 46.2 Å². The van der Waals surface area contributed by atoms with Gasteiger partial charge in [0.1, 0.15) is 11.6 Å². The first-order valence-electron chi connectivity index (χ1n) is 6.44. The molecule has 0 fully saturated rings. The van der Waals surface area contributed by atoms with E-state index in [9.17, 15) is 18.4 Å². The van der Waals surface area contributed by atoms with Gasteiger partial charge in [-0.2, -0.15) is 0 Å². The van der Waals surface area contributed by atoms with Gasteiger partial charge in [-0.25, -0.2) is 8.78 Å². The molecule has 2 aromatic carbocycles. The molecule has 1 aliphatic rings. The van der Waals surface area contributed by atoms with Crippen molar-refractivity contribution >= 4 is 17.4 Å². The average Bonchev–Trinajstić information content (AvgIpc) is 2.81. The highest BCUT2D eigenvalue weighted by Crippen LogP contribution is 2.34. The summed E-state index contributed by atoms with van der Waals surface area (Å²) in [4.78, 5) is 24.1. The molecule has 0 radical (unpaired) electrons. The zero-order valence-electron chi connectivity index (χ0n) is 10.9. The lowest BCUT2D eigenvalue weighted by Gasteiger charge is -2.12. The summed E-state index contributed by atoms with van der Waals surface area (Å²) in [5.74, 6) is -2.67. The third kappa shape index (κ3) is 2.42. The maximum absolute atomic E-state index is 13.5. The Morgan fingerprint density at radius 3 is 2.71 bits per heavy atom. The number of carbonyl (C=O) groups is 2. The number of anilines is 1. The number of nitrogens with one attached hydrogen (secondary N) is 1. The molecule has 2 aromatic rings. The first-order chi connectivity index (χ1) is 10.1. The standard InChI is InChI=1S/C16H11F2NO2/c17-9-5-6-13(18)14(7-9)19-16(21)12-8-15(20)11-4-2-1-3-10(11)12/h1-7,12H,8H2,(H,19,21). The minimum Gasteiger partial charge on any atom is -0.323 e. The van der Waals surface area contributed by atoms with Crippen LogP contribution in [0.25, 0.3) is 0 Å². The molecule has 106 valence electrons. The Morgan fingerprint density at radius 1 is 1.14 bits per heavy atom. The van der Waals surface area contributed by atoms with Crippen molar-refractivity contribution in [2.45, 2.75) is 12.3 Å². The van der Waals surface area contributed by atoms with Crippen LogP contribution in [-0.2, 0) is 4.79 Å². The number of fused-ring (bicyclic) bond motifs is 1. The highest BCUT2D eigenvalue weighted by molar-refractivity contribution is 6.09. The van der Waals surface area contributed by atoms with Gasteiger partial charge in [0.2, 0.25) is 5.91 Å². The first-order valence-corrected chi connectivity index (χ1v) is 6.44. The van der Waals surface area contributed by atoms with E-state index in [0.29, 0.717) is 11.1 Å². The smallest absolute Gasteiger partial charge is 0.232 e. The number of benzene rings is 2. The van der Waals surface area contributed by atoms with Crippen molar-refractivity contribution in [1.82, 2.24) is 0 Å². The van der Waals surface area contributed by atoms with Crippen molar-refractivity contribution in [3.8, 4) is 0 Å². The van der Waals surface area contributed by atoms with Gasteiger partial charge in [-0.05, 0) is 17.7 Å². The van der Waals surface area contributed by atoms with E-state index in [1.807, 2.05) is 0 Å². The van der Waals surface area contributed by atoms with Gasteiger partial charge in [0, 0.05) is 18.1 Å². The molecule has 1 N–H and O–H groups in total. The van der Waals surface area contributed by atoms with E-state index >= 15 is 0 Å². The minimum absolute atomic E-state index is 0.0438. The number of hydrogen-bond acceptors (Lipinski definition) is 2. The van der Waals surface area contributed by atoms with Crippen molar-refractivity contribution < 1.29 is 18.4 Å². The minimum atomic E-state index is -0.720. The lowest BCUT2D eigenvalue weighted by atomic mass is 10.0. The number of ketones is 1. The number of rotatable bonds is 2. The van der Waals surface area contributed by atoms with Crippen molar-refractivity contribution in [2.24, 2.45) is 0 Å². The Morgan fingerprint density at radius 2 is 1.90 bits per heavy atom. The molecule has 1 unspecified atom stereocenters. The molecular weight excluding hydrogens is 276 g/mol. The van der Waals surface area contributed by atoms with Crippen LogP contribution < -0.4 is 5.32 Å². The van der Waals surface area contributed by atoms with E-state index < -0.39 is 23.5 Å². The van der Waals surface area contributed by atoms with Gasteiger partial charge in [0.25, 0.3) is 0 Å². The van der Waals surface area contributed by atoms with Crippen molar-refractivity contribution in [3.05, 3.63) is 65.2 Å². The highest BCUT2D eigenvalue weighted by Gasteiger charge is 2.34. The number of amides is 1. The molecule has 0 saturated heterocycles. The number of Topliss-reactive ketones (excluding diaryl/α,β-unsaturated/α-hetero) is 1. The monoisotopic (exact) mass is 287 g/mol. The Kier molecular flexibility index (Phi) is 3.25. The Bertz CT molecular complexity index is 743. The van der Waals surface area contributed by atoms with Crippen molar-refractivity contribution in [3.63, 3.8) is 0 Å². The highest BCUT2D eigenvalue weighted by atomic mass is 19.1. The van der Waals surface area contributed by atoms with Gasteiger partial charge < -0.3 is 5.32 Å². The van der Waals surface area contributed by atoms with Crippen LogP contribution in [0, 0.1) is 11.6 Å². The lowest BCUT2D eigenvalue weighted by molar-refractivity contribution is -0.117. The molecule has 1 amide bonds. The van der Waals surface area contributed by atoms with E-state index in [1.165, 1.54) is 0 Å². The predicted octanol–water partition coefficient (Wildman–Crippen LogP) is 3.27. The largest absolute Gasteiger partial charge is 0.323 e. The third-order valence-electron chi connectivity index (χ3n) is 3.53. The normalized spacial score (nSPS) is 16.7. The van der Waals surface area contributed by atoms with Crippen LogP contribution >= 0.6 is 0 Å². The SMILES string of the molecule is O=C1CC(C(=O)Nc2cc(F)ccc2F)c2ccccc21. The second-order valence-corrected chi connectivity index (χ2v) is 4.88. The average molecular weight is 287 g/mol. The molecule has 0 bridgehead atoms. The fourth-order valence-electron chi connectivity index (χ4n) is 2.51. The van der Waals surface area contributed by atoms with Gasteiger partial charge in [-0.15, -0.1) is 0 Å². The molecule has 0 saturated carbocycles. The van der Waals surface area contributed by atoms with Gasteiger partial charge in [-0.3, -0.25) is 9.59 Å². The summed E-state index contributed by atoms with van der Waals surface area (Å²) in [6.45, 7) is 0. The second-order valence-electron chi connectivity index (χ2n) is 4.88. The van der Waals surface area contributed by atoms with Crippen molar-refractivity contribution in [2.75, 3.05) is 5.32 Å². The fraction of sp³-hybridized carbons (Fsp3) is 0.125. The second kappa shape index (κ2) is 5.09. The summed E-state index contributed by atoms with van der Waals surface area (Å²) in [5, 5.41) is 2.35. The van der Waals surface area contributed by atoms with Crippen molar-refractivity contribution in [1.29, 1.82) is 0 Å². The molecule has 0 aromatic heterocycles. The van der Waals surface area contributed by atoms with Gasteiger partial charge in [0.15, 0.2) is 5.78 Å². The van der Waals surface area contributed by atoms with E-state index in [4.69, 9.17) is 0 Å². The van der Waals surface area contributed by atoms with Crippen LogP contribution in [0.4, 0.5) is 14.5 Å². The summed E-state index contributed by atoms with van der Waals surface area (Å²) in [6, 6.07) is 9.65. The fourth-order valence-corrected chi connectivity index (χ4v) is 2.51. The Balaban J connectivity index is 1.87. The molecule has 21 heavy (non-hydrogen) atoms. The van der Waals surface area contributed by atoms with Crippen LogP contribution in [0.1, 0.15) is 28.3 Å². The maximum atomic E-state index is 13.5. The van der Waals surface area contributed by atoms with Crippen LogP contribution in [0.2, 0.25) is 0 Å². The number of carbonyl (C=O) groups excluding carboxylic acids is 2. The van der Waals surface area contributed by atoms with E-state index in [2.05, 4.69) is 5.32 Å². The molecule has 3 nitrogen and oxygen atoms in total. The zero-order chi connectivity index (χ0) is 15.0. The predicted molar refractivity (Wildman–Crippen MR) is 73.1 cm³/mol. The van der Waals surface area contributed by atoms with Gasteiger partial charge in [-0.1, -0.05) is 24.3 Å². The van der Waals surface area contributed by atoms with E-state index in [1.54, 1.807) is 24.3 Å². The number of halogens is 2. The molecule has 3 rings (SSSR count). The number of hydrogen-bond donors (Lipinski definition) is 1. The summed E-state index contributed by atoms with van der Waals surface area (Å²) in [6.07, 6.45) is 0.0438. The molecule has 0 heterocycles. The van der Waals surface area contributed by atoms with Gasteiger partial charge >= 0.3 is 0 Å². The zero-order valence-corrected chi connectivity index (χ0v) is 10.9. The van der Waals surface area contributed by atoms with Gasteiger partial charge in [0.05, 0.1) is 11.6 Å².